The first-order valence-electron chi connectivity index (χ1n) is 6.80. The molecule has 1 atom stereocenters. The molecule has 0 amide bonds. The fraction of sp³-hybridized carbons (Fsp3) is 0.333. The number of hydrogen-bond donors (Lipinski definition) is 2. The third-order valence-corrected chi connectivity index (χ3v) is 3.40. The number of halogens is 4. The van der Waals surface area contributed by atoms with Gasteiger partial charge in [-0.05, 0) is 32.0 Å². The summed E-state index contributed by atoms with van der Waals surface area (Å²) in [6.45, 7) is 3.58. The Labute approximate surface area is 136 Å². The van der Waals surface area contributed by atoms with Crippen molar-refractivity contribution in [2.45, 2.75) is 32.7 Å². The maximum Gasteiger partial charge on any atom is 0.416 e. The van der Waals surface area contributed by atoms with E-state index in [0.29, 0.717) is 17.0 Å². The molecule has 0 radical (unpaired) electrons. The summed E-state index contributed by atoms with van der Waals surface area (Å²) in [5.41, 5.74) is 1.11. The number of hydrogen-bond acceptors (Lipinski definition) is 4. The molecule has 2 aromatic rings. The molecule has 8 heteroatoms. The van der Waals surface area contributed by atoms with Gasteiger partial charge < -0.3 is 10.4 Å². The molecular formula is C15H15ClF3N3O. The predicted molar refractivity (Wildman–Crippen MR) is 81.2 cm³/mol. The smallest absolute Gasteiger partial charge is 0.389 e. The van der Waals surface area contributed by atoms with Gasteiger partial charge in [0.15, 0.2) is 0 Å². The normalized spacial score (nSPS) is 13.0. The Balaban J connectivity index is 2.15. The molecule has 0 bridgehead atoms. The van der Waals surface area contributed by atoms with Crippen LogP contribution in [0, 0.1) is 6.92 Å². The maximum absolute atomic E-state index is 12.7. The van der Waals surface area contributed by atoms with Crippen molar-refractivity contribution in [1.82, 2.24) is 9.97 Å². The number of anilines is 1. The minimum Gasteiger partial charge on any atom is -0.389 e. The Morgan fingerprint density at radius 3 is 2.52 bits per heavy atom. The highest BCUT2D eigenvalue weighted by molar-refractivity contribution is 6.29. The zero-order valence-electron chi connectivity index (χ0n) is 12.4. The molecule has 0 saturated carbocycles. The molecular weight excluding hydrogens is 331 g/mol. The Kier molecular flexibility index (Phi) is 5.11. The molecule has 0 aliphatic carbocycles. The minimum atomic E-state index is -4.49. The third-order valence-electron chi connectivity index (χ3n) is 3.21. The van der Waals surface area contributed by atoms with Crippen molar-refractivity contribution in [3.63, 3.8) is 0 Å². The van der Waals surface area contributed by atoms with Crippen LogP contribution in [0.25, 0.3) is 0 Å². The van der Waals surface area contributed by atoms with Crippen LogP contribution in [0.2, 0.25) is 5.15 Å². The van der Waals surface area contributed by atoms with E-state index >= 15 is 0 Å². The van der Waals surface area contributed by atoms with E-state index in [2.05, 4.69) is 15.3 Å². The number of nitrogens with one attached hydrogen (secondary N) is 1. The zero-order valence-corrected chi connectivity index (χ0v) is 13.2. The number of nitrogens with zero attached hydrogens (tertiary/aromatic N) is 2. The summed E-state index contributed by atoms with van der Waals surface area (Å²) < 4.78 is 38.2. The molecule has 2 rings (SSSR count). The van der Waals surface area contributed by atoms with E-state index in [0.717, 1.165) is 12.1 Å². The first-order valence-corrected chi connectivity index (χ1v) is 7.18. The molecule has 2 N–H and O–H groups in total. The second-order valence-electron chi connectivity index (χ2n) is 5.07. The van der Waals surface area contributed by atoms with E-state index in [1.165, 1.54) is 0 Å². The topological polar surface area (TPSA) is 58.0 Å². The second kappa shape index (κ2) is 6.72. The molecule has 2 heterocycles. The minimum absolute atomic E-state index is 0.0175. The number of rotatable bonds is 4. The molecule has 0 saturated heterocycles. The second-order valence-corrected chi connectivity index (χ2v) is 5.46. The summed E-state index contributed by atoms with van der Waals surface area (Å²) >= 11 is 5.62. The molecule has 1 unspecified atom stereocenters. The molecule has 0 fully saturated rings. The Bertz CT molecular complexity index is 705. The molecule has 4 nitrogen and oxygen atoms in total. The largest absolute Gasteiger partial charge is 0.416 e. The summed E-state index contributed by atoms with van der Waals surface area (Å²) in [6, 6.07) is 5.09. The lowest BCUT2D eigenvalue weighted by Crippen LogP contribution is -2.09. The summed E-state index contributed by atoms with van der Waals surface area (Å²) in [5.74, 6) is 0.0175. The van der Waals surface area contributed by atoms with Crippen LogP contribution >= 0.6 is 11.6 Å². The Morgan fingerprint density at radius 1 is 1.26 bits per heavy atom. The van der Waals surface area contributed by atoms with Gasteiger partial charge in [-0.25, -0.2) is 4.98 Å². The van der Waals surface area contributed by atoms with E-state index in [9.17, 15) is 18.3 Å². The van der Waals surface area contributed by atoms with Crippen molar-refractivity contribution in [1.29, 1.82) is 0 Å². The first-order chi connectivity index (χ1) is 10.7. The van der Waals surface area contributed by atoms with Crippen LogP contribution in [-0.2, 0) is 12.7 Å². The van der Waals surface area contributed by atoms with Crippen molar-refractivity contribution >= 4 is 17.4 Å². The lowest BCUT2D eigenvalue weighted by molar-refractivity contribution is -0.137. The van der Waals surface area contributed by atoms with Gasteiger partial charge in [0, 0.05) is 11.3 Å². The van der Waals surface area contributed by atoms with E-state index < -0.39 is 17.8 Å². The van der Waals surface area contributed by atoms with Crippen LogP contribution in [0.5, 0.6) is 0 Å². The van der Waals surface area contributed by atoms with E-state index in [-0.39, 0.29) is 17.5 Å². The lowest BCUT2D eigenvalue weighted by Gasteiger charge is -2.12. The number of aliphatic hydroxyl groups excluding tert-OH is 1. The lowest BCUT2D eigenvalue weighted by atomic mass is 10.1. The average molecular weight is 346 g/mol. The van der Waals surface area contributed by atoms with Crippen molar-refractivity contribution < 1.29 is 18.3 Å². The highest BCUT2D eigenvalue weighted by atomic mass is 35.5. The monoisotopic (exact) mass is 345 g/mol. The Morgan fingerprint density at radius 2 is 1.96 bits per heavy atom. The van der Waals surface area contributed by atoms with E-state index in [1.54, 1.807) is 26.0 Å². The van der Waals surface area contributed by atoms with Crippen LogP contribution < -0.4 is 5.32 Å². The molecule has 0 aromatic carbocycles. The van der Waals surface area contributed by atoms with Crippen molar-refractivity contribution in [3.05, 3.63) is 51.9 Å². The molecule has 0 spiro atoms. The highest BCUT2D eigenvalue weighted by Gasteiger charge is 2.31. The molecule has 124 valence electrons. The summed E-state index contributed by atoms with van der Waals surface area (Å²) in [7, 11) is 0. The first kappa shape index (κ1) is 17.5. The molecule has 23 heavy (non-hydrogen) atoms. The van der Waals surface area contributed by atoms with Gasteiger partial charge in [0.2, 0.25) is 0 Å². The maximum atomic E-state index is 12.7. The van der Waals surface area contributed by atoms with Gasteiger partial charge in [0.1, 0.15) is 11.0 Å². The fourth-order valence-electron chi connectivity index (χ4n) is 2.10. The van der Waals surface area contributed by atoms with Crippen LogP contribution in [0.3, 0.4) is 0 Å². The van der Waals surface area contributed by atoms with Gasteiger partial charge in [-0.1, -0.05) is 17.7 Å². The van der Waals surface area contributed by atoms with E-state index in [4.69, 9.17) is 11.6 Å². The van der Waals surface area contributed by atoms with Crippen molar-refractivity contribution in [2.75, 3.05) is 5.32 Å². The number of pyridine rings is 2. The molecule has 0 aliphatic heterocycles. The number of alkyl halides is 3. The fourth-order valence-corrected chi connectivity index (χ4v) is 2.30. The van der Waals surface area contributed by atoms with Crippen LogP contribution in [-0.4, -0.2) is 15.1 Å². The molecule has 2 aromatic heterocycles. The number of aryl methyl sites for hydroxylation is 1. The third kappa shape index (κ3) is 4.56. The van der Waals surface area contributed by atoms with Crippen molar-refractivity contribution in [2.24, 2.45) is 0 Å². The van der Waals surface area contributed by atoms with Gasteiger partial charge in [-0.15, -0.1) is 0 Å². The van der Waals surface area contributed by atoms with Gasteiger partial charge in [0.25, 0.3) is 0 Å². The predicted octanol–water partition coefficient (Wildman–Crippen LogP) is 4.12. The Hall–Kier alpha value is -1.86. The summed E-state index contributed by atoms with van der Waals surface area (Å²) in [5, 5.41) is 12.1. The van der Waals surface area contributed by atoms with Crippen LogP contribution in [0.15, 0.2) is 24.3 Å². The highest BCUT2D eigenvalue weighted by Crippen LogP contribution is 2.32. The van der Waals surface area contributed by atoms with Crippen molar-refractivity contribution in [3.8, 4) is 0 Å². The average Bonchev–Trinajstić information content (AvgIpc) is 2.43. The zero-order chi connectivity index (χ0) is 17.2. The summed E-state index contributed by atoms with van der Waals surface area (Å²) in [4.78, 5) is 8.11. The number of aliphatic hydroxyl groups is 1. The van der Waals surface area contributed by atoms with Gasteiger partial charge in [-0.2, -0.15) is 13.2 Å². The van der Waals surface area contributed by atoms with Gasteiger partial charge in [0.05, 0.1) is 23.9 Å². The summed E-state index contributed by atoms with van der Waals surface area (Å²) in [6.07, 6.45) is -5.12. The van der Waals surface area contributed by atoms with E-state index in [1.807, 2.05) is 0 Å². The van der Waals surface area contributed by atoms with Crippen LogP contribution in [0.4, 0.5) is 19.0 Å². The molecule has 0 aliphatic rings. The van der Waals surface area contributed by atoms with Gasteiger partial charge in [-0.3, -0.25) is 4.98 Å². The standard InChI is InChI=1S/C15H15ClF3N3O/c1-8-12(9(2)23)4-3-11(21-8)7-20-14-6-10(15(17,18)19)5-13(16)22-14/h3-6,9,23H,7H2,1-2H3,(H,20,22). The SMILES string of the molecule is Cc1nc(CNc2cc(C(F)(F)F)cc(Cl)n2)ccc1C(C)O. The van der Waals surface area contributed by atoms with Crippen LogP contribution in [0.1, 0.15) is 35.5 Å². The quantitative estimate of drug-likeness (QED) is 0.818. The number of aromatic nitrogens is 2. The van der Waals surface area contributed by atoms with Gasteiger partial charge >= 0.3 is 6.18 Å².